The summed E-state index contributed by atoms with van der Waals surface area (Å²) in [5, 5.41) is 0.662. The molecule has 1 saturated heterocycles. The number of fused-ring (bicyclic) bond motifs is 1. The minimum absolute atomic E-state index is 0.0233. The zero-order chi connectivity index (χ0) is 24.0. The molecule has 1 aliphatic heterocycles. The second-order valence-electron chi connectivity index (χ2n) is 9.24. The summed E-state index contributed by atoms with van der Waals surface area (Å²) < 4.78 is 31.8. The number of likely N-dealkylation sites (tertiary alicyclic amines) is 1. The van der Waals surface area contributed by atoms with Crippen LogP contribution in [0.25, 0.3) is 10.7 Å². The molecule has 0 saturated carbocycles. The van der Waals surface area contributed by atoms with Gasteiger partial charge in [0, 0.05) is 31.9 Å². The highest BCUT2D eigenvalue weighted by atomic mass is 32.2. The summed E-state index contributed by atoms with van der Waals surface area (Å²) in [5.74, 6) is 0.0233. The van der Waals surface area contributed by atoms with Crippen LogP contribution in [0.2, 0.25) is 0 Å². The highest BCUT2D eigenvalue weighted by Crippen LogP contribution is 2.35. The maximum atomic E-state index is 13.5. The van der Waals surface area contributed by atoms with E-state index in [2.05, 4.69) is 15.8 Å². The molecule has 2 aliphatic rings. The van der Waals surface area contributed by atoms with Crippen molar-refractivity contribution >= 4 is 27.3 Å². The zero-order valence-corrected chi connectivity index (χ0v) is 21.4. The highest BCUT2D eigenvalue weighted by molar-refractivity contribution is 7.89. The predicted octanol–water partition coefficient (Wildman–Crippen LogP) is 4.36. The van der Waals surface area contributed by atoms with E-state index in [9.17, 15) is 13.2 Å². The number of carbonyl (C=O) groups is 1. The van der Waals surface area contributed by atoms with E-state index >= 15 is 0 Å². The summed E-state index contributed by atoms with van der Waals surface area (Å²) >= 11 is 1.34. The van der Waals surface area contributed by atoms with E-state index < -0.39 is 10.0 Å². The zero-order valence-electron chi connectivity index (χ0n) is 19.8. The van der Waals surface area contributed by atoms with Crippen molar-refractivity contribution in [2.75, 3.05) is 13.1 Å². The van der Waals surface area contributed by atoms with Crippen LogP contribution >= 0.6 is 11.3 Å². The van der Waals surface area contributed by atoms with Gasteiger partial charge in [0.2, 0.25) is 10.0 Å². The van der Waals surface area contributed by atoms with Crippen molar-refractivity contribution in [1.29, 1.82) is 0 Å². The Labute approximate surface area is 204 Å². The fraction of sp³-hybridized carbons (Fsp3) is 0.440. The summed E-state index contributed by atoms with van der Waals surface area (Å²) in [5.41, 5.74) is 4.31. The first-order valence-electron chi connectivity index (χ1n) is 11.8. The van der Waals surface area contributed by atoms with Gasteiger partial charge in [-0.15, -0.1) is 11.3 Å². The van der Waals surface area contributed by atoms with Gasteiger partial charge in [-0.05, 0) is 63.1 Å². The summed E-state index contributed by atoms with van der Waals surface area (Å²) in [6.45, 7) is 5.22. The van der Waals surface area contributed by atoms with Crippen LogP contribution in [0.3, 0.4) is 0 Å². The van der Waals surface area contributed by atoms with E-state index in [1.807, 2.05) is 48.6 Å². The molecule has 1 amide bonds. The average Bonchev–Trinajstić information content (AvgIpc) is 3.54. The van der Waals surface area contributed by atoms with Crippen molar-refractivity contribution in [2.24, 2.45) is 7.05 Å². The molecular formula is C25H30N4O3S2. The first-order chi connectivity index (χ1) is 16.3. The van der Waals surface area contributed by atoms with Crippen molar-refractivity contribution in [2.45, 2.75) is 56.9 Å². The van der Waals surface area contributed by atoms with Crippen molar-refractivity contribution in [3.8, 4) is 10.7 Å². The van der Waals surface area contributed by atoms with Gasteiger partial charge >= 0.3 is 0 Å². The van der Waals surface area contributed by atoms with E-state index in [1.165, 1.54) is 16.9 Å². The third kappa shape index (κ3) is 4.10. The topological polar surface area (TPSA) is 84.3 Å². The Morgan fingerprint density at radius 1 is 1.15 bits per heavy atom. The number of carbonyl (C=O) groups excluding carboxylic acids is 1. The van der Waals surface area contributed by atoms with Gasteiger partial charge in [0.15, 0.2) is 0 Å². The van der Waals surface area contributed by atoms with E-state index in [0.29, 0.717) is 27.0 Å². The number of rotatable bonds is 5. The molecule has 1 N–H and O–H groups in total. The van der Waals surface area contributed by atoms with Crippen LogP contribution in [0.5, 0.6) is 0 Å². The molecule has 34 heavy (non-hydrogen) atoms. The molecule has 180 valence electrons. The average molecular weight is 499 g/mol. The summed E-state index contributed by atoms with van der Waals surface area (Å²) in [4.78, 5) is 20.4. The lowest BCUT2D eigenvalue weighted by Crippen LogP contribution is -2.31. The molecule has 1 aromatic carbocycles. The predicted molar refractivity (Wildman–Crippen MR) is 134 cm³/mol. The van der Waals surface area contributed by atoms with Crippen molar-refractivity contribution in [1.82, 2.24) is 19.2 Å². The van der Waals surface area contributed by atoms with Gasteiger partial charge in [-0.3, -0.25) is 4.79 Å². The number of hydrogen-bond donors (Lipinski definition) is 1. The summed E-state index contributed by atoms with van der Waals surface area (Å²) in [6, 6.07) is 9.51. The monoisotopic (exact) mass is 498 g/mol. The largest absolute Gasteiger partial charge is 0.345 e. The molecule has 1 atom stereocenters. The minimum atomic E-state index is -3.74. The van der Waals surface area contributed by atoms with E-state index in [4.69, 9.17) is 0 Å². The van der Waals surface area contributed by atoms with Gasteiger partial charge in [-0.25, -0.2) is 18.1 Å². The van der Waals surface area contributed by atoms with Crippen molar-refractivity contribution in [3.05, 3.63) is 57.7 Å². The first-order valence-corrected chi connectivity index (χ1v) is 14.1. The van der Waals surface area contributed by atoms with Gasteiger partial charge < -0.3 is 9.47 Å². The number of nitrogens with zero attached hydrogens (tertiary/aromatic N) is 3. The maximum Gasteiger partial charge on any atom is 0.265 e. The molecular weight excluding hydrogens is 468 g/mol. The fourth-order valence-corrected chi connectivity index (χ4v) is 7.67. The number of amides is 1. The Balaban J connectivity index is 1.45. The van der Waals surface area contributed by atoms with Crippen molar-refractivity contribution < 1.29 is 13.2 Å². The molecule has 0 spiro atoms. The number of aromatic nitrogens is 2. The van der Waals surface area contributed by atoms with Crippen LogP contribution in [0.1, 0.15) is 63.9 Å². The number of hydrogen-bond acceptors (Lipinski definition) is 5. The number of aryl methyl sites for hydroxylation is 2. The maximum absolute atomic E-state index is 13.5. The van der Waals surface area contributed by atoms with Gasteiger partial charge in [0.25, 0.3) is 5.91 Å². The molecule has 9 heteroatoms. The second kappa shape index (κ2) is 8.94. The van der Waals surface area contributed by atoms with Gasteiger partial charge in [0.1, 0.15) is 14.8 Å². The quantitative estimate of drug-likeness (QED) is 0.567. The normalized spacial score (nSPS) is 18.3. The third-order valence-corrected chi connectivity index (χ3v) is 9.80. The molecule has 1 aliphatic carbocycles. The van der Waals surface area contributed by atoms with Crippen LogP contribution in [0.4, 0.5) is 0 Å². The Kier molecular flexibility index (Phi) is 6.12. The van der Waals surface area contributed by atoms with Crippen LogP contribution in [-0.2, 0) is 23.5 Å². The number of benzene rings is 1. The standard InChI is InChI=1S/C25H30N4O3S2/c1-16-23(25(30)29-13-6-7-14-29)33-24(26-16)21-15-22(17(2)28(21)3)34(31,32)27-20-12-8-10-18-9-4-5-11-19(18)20/h4-5,9,11,15,20,27H,6-8,10,12-14H2,1-3H3/t20-/m1/s1. The SMILES string of the molecule is Cc1nc(-c2cc(S(=O)(=O)N[C@@H]3CCCc4ccccc43)c(C)n2C)sc1C(=O)N1CCCC1. The third-order valence-electron chi connectivity index (χ3n) is 7.05. The van der Waals surface area contributed by atoms with Gasteiger partial charge in [-0.2, -0.15) is 0 Å². The number of thiazole rings is 1. The number of sulfonamides is 1. The lowest BCUT2D eigenvalue weighted by atomic mass is 9.88. The Morgan fingerprint density at radius 3 is 2.65 bits per heavy atom. The van der Waals surface area contributed by atoms with Crippen LogP contribution in [0, 0.1) is 13.8 Å². The van der Waals surface area contributed by atoms with E-state index in [1.54, 1.807) is 6.07 Å². The Morgan fingerprint density at radius 2 is 1.88 bits per heavy atom. The Hall–Kier alpha value is -2.49. The lowest BCUT2D eigenvalue weighted by molar-refractivity contribution is 0.0796. The molecule has 2 aromatic heterocycles. The van der Waals surface area contributed by atoms with E-state index in [-0.39, 0.29) is 16.8 Å². The smallest absolute Gasteiger partial charge is 0.265 e. The fourth-order valence-electron chi connectivity index (χ4n) is 5.04. The molecule has 0 bridgehead atoms. The van der Waals surface area contributed by atoms with E-state index in [0.717, 1.165) is 50.8 Å². The summed E-state index contributed by atoms with van der Waals surface area (Å²) in [7, 11) is -1.90. The molecule has 0 radical (unpaired) electrons. The molecule has 3 aromatic rings. The second-order valence-corrected chi connectivity index (χ2v) is 11.9. The van der Waals surface area contributed by atoms with Gasteiger partial charge in [0.05, 0.1) is 11.4 Å². The molecule has 1 fully saturated rings. The molecule has 7 nitrogen and oxygen atoms in total. The van der Waals surface area contributed by atoms with Crippen LogP contribution < -0.4 is 4.72 Å². The Bertz CT molecular complexity index is 1350. The lowest BCUT2D eigenvalue weighted by Gasteiger charge is -2.26. The molecule has 0 unspecified atom stereocenters. The summed E-state index contributed by atoms with van der Waals surface area (Å²) in [6.07, 6.45) is 4.78. The molecule has 5 rings (SSSR count). The van der Waals surface area contributed by atoms with Crippen molar-refractivity contribution in [3.63, 3.8) is 0 Å². The van der Waals surface area contributed by atoms with Crippen LogP contribution in [-0.4, -0.2) is 41.9 Å². The first kappa shape index (κ1) is 23.3. The highest BCUT2D eigenvalue weighted by Gasteiger charge is 2.30. The molecule has 3 heterocycles. The van der Waals surface area contributed by atoms with Crippen LogP contribution in [0.15, 0.2) is 35.2 Å². The minimum Gasteiger partial charge on any atom is -0.345 e. The van der Waals surface area contributed by atoms with Gasteiger partial charge in [-0.1, -0.05) is 24.3 Å². The number of nitrogens with one attached hydrogen (secondary N) is 1.